The molecule has 0 spiro atoms. The molecule has 0 amide bonds. The molecule has 200 valence electrons. The highest BCUT2D eigenvalue weighted by Gasteiger charge is 2.30. The third-order valence-electron chi connectivity index (χ3n) is 6.19. The Balaban J connectivity index is 1.46. The Labute approximate surface area is 216 Å². The zero-order chi connectivity index (χ0) is 27.3. The molecule has 0 fully saturated rings. The van der Waals surface area contributed by atoms with Gasteiger partial charge in [0.2, 0.25) is 0 Å². The molecule has 3 nitrogen and oxygen atoms in total. The molecule has 0 N–H and O–H groups in total. The number of unbranched alkanes of at least 4 members (excludes halogenated alkanes) is 2. The number of benzene rings is 3. The Morgan fingerprint density at radius 1 is 0.789 bits per heavy atom. The molecule has 4 aromatic rings. The maximum Gasteiger partial charge on any atom is 0.422 e. The Hall–Kier alpha value is -3.62. The summed E-state index contributed by atoms with van der Waals surface area (Å²) in [5.41, 5.74) is 2.34. The SMILES string of the molecule is CCCCCc1cnc(-c2ccc3c(F)c(CCc4cc(F)c(OCC(F)(F)F)c(F)c4)ccc3c2)nc1. The zero-order valence-electron chi connectivity index (χ0n) is 20.7. The Bertz CT molecular complexity index is 1380. The number of rotatable bonds is 10. The number of fused-ring (bicyclic) bond motifs is 1. The van der Waals surface area contributed by atoms with E-state index in [1.807, 2.05) is 12.4 Å². The summed E-state index contributed by atoms with van der Waals surface area (Å²) in [6.45, 7) is 0.343. The van der Waals surface area contributed by atoms with Gasteiger partial charge in [-0.15, -0.1) is 0 Å². The maximum absolute atomic E-state index is 15.2. The number of halogens is 6. The van der Waals surface area contributed by atoms with Crippen LogP contribution < -0.4 is 4.74 Å². The molecule has 0 saturated carbocycles. The molecule has 0 atom stereocenters. The minimum absolute atomic E-state index is 0.0757. The van der Waals surface area contributed by atoms with Crippen molar-refractivity contribution in [1.29, 1.82) is 0 Å². The van der Waals surface area contributed by atoms with E-state index in [0.29, 0.717) is 22.2 Å². The third kappa shape index (κ3) is 6.82. The fraction of sp³-hybridized carbons (Fsp3) is 0.310. The molecule has 4 rings (SSSR count). The average Bonchev–Trinajstić information content (AvgIpc) is 2.87. The second-order valence-corrected chi connectivity index (χ2v) is 9.14. The summed E-state index contributed by atoms with van der Waals surface area (Å²) in [5.74, 6) is -3.48. The van der Waals surface area contributed by atoms with Crippen molar-refractivity contribution in [3.05, 3.63) is 89.0 Å². The summed E-state index contributed by atoms with van der Waals surface area (Å²) in [6.07, 6.45) is 3.41. The first kappa shape index (κ1) is 27.4. The van der Waals surface area contributed by atoms with Crippen molar-refractivity contribution in [1.82, 2.24) is 9.97 Å². The average molecular weight is 533 g/mol. The van der Waals surface area contributed by atoms with Crippen LogP contribution in [0, 0.1) is 17.5 Å². The smallest absolute Gasteiger partial charge is 0.422 e. The van der Waals surface area contributed by atoms with Crippen LogP contribution in [0.4, 0.5) is 26.3 Å². The van der Waals surface area contributed by atoms with Gasteiger partial charge in [0.1, 0.15) is 5.82 Å². The molecule has 0 unspecified atom stereocenters. The lowest BCUT2D eigenvalue weighted by Crippen LogP contribution is -2.20. The predicted molar refractivity (Wildman–Crippen MR) is 133 cm³/mol. The predicted octanol–water partition coefficient (Wildman–Crippen LogP) is 8.17. The van der Waals surface area contributed by atoms with Gasteiger partial charge in [0.25, 0.3) is 0 Å². The van der Waals surface area contributed by atoms with Crippen LogP contribution in [0.25, 0.3) is 22.2 Å². The molecule has 1 aromatic heterocycles. The topological polar surface area (TPSA) is 35.0 Å². The molecule has 38 heavy (non-hydrogen) atoms. The largest absolute Gasteiger partial charge is 0.478 e. The second-order valence-electron chi connectivity index (χ2n) is 9.14. The van der Waals surface area contributed by atoms with Crippen molar-refractivity contribution in [2.75, 3.05) is 6.61 Å². The molecule has 0 saturated heterocycles. The minimum Gasteiger partial charge on any atom is -0.478 e. The number of alkyl halides is 3. The van der Waals surface area contributed by atoms with Gasteiger partial charge in [0.15, 0.2) is 29.8 Å². The quantitative estimate of drug-likeness (QED) is 0.153. The van der Waals surface area contributed by atoms with E-state index >= 15 is 4.39 Å². The van der Waals surface area contributed by atoms with Crippen LogP contribution in [0.5, 0.6) is 5.75 Å². The van der Waals surface area contributed by atoms with Crippen molar-refractivity contribution in [3.8, 4) is 17.1 Å². The third-order valence-corrected chi connectivity index (χ3v) is 6.19. The van der Waals surface area contributed by atoms with Gasteiger partial charge in [-0.05, 0) is 66.0 Å². The first-order chi connectivity index (χ1) is 18.1. The highest BCUT2D eigenvalue weighted by atomic mass is 19.4. The number of aromatic nitrogens is 2. The van der Waals surface area contributed by atoms with Gasteiger partial charge in [0, 0.05) is 23.3 Å². The Kier molecular flexibility index (Phi) is 8.54. The summed E-state index contributed by atoms with van der Waals surface area (Å²) in [4.78, 5) is 8.90. The van der Waals surface area contributed by atoms with Crippen LogP contribution in [-0.4, -0.2) is 22.8 Å². The lowest BCUT2D eigenvalue weighted by atomic mass is 9.98. The van der Waals surface area contributed by atoms with E-state index in [4.69, 9.17) is 0 Å². The van der Waals surface area contributed by atoms with Crippen LogP contribution in [-0.2, 0) is 19.3 Å². The highest BCUT2D eigenvalue weighted by molar-refractivity contribution is 5.87. The molecule has 0 bridgehead atoms. The molecular formula is C29H26F6N2O. The van der Waals surface area contributed by atoms with Crippen molar-refractivity contribution in [2.24, 2.45) is 0 Å². The van der Waals surface area contributed by atoms with Gasteiger partial charge < -0.3 is 4.74 Å². The molecule has 3 aromatic carbocycles. The summed E-state index contributed by atoms with van der Waals surface area (Å²) in [5, 5.41) is 1.04. The summed E-state index contributed by atoms with van der Waals surface area (Å²) < 4.78 is 84.7. The standard InChI is InChI=1S/C29H26F6N2O/c1-2-3-4-5-19-15-36-28(37-16-19)22-10-11-23-21(14-22)9-8-20(26(23)32)7-6-18-12-24(30)27(25(31)13-18)38-17-29(33,34)35/h8-16H,2-7,17H2,1H3. The Morgan fingerprint density at radius 2 is 1.50 bits per heavy atom. The van der Waals surface area contributed by atoms with Gasteiger partial charge in [0.05, 0.1) is 0 Å². The molecule has 9 heteroatoms. The van der Waals surface area contributed by atoms with Gasteiger partial charge in [-0.1, -0.05) is 44.0 Å². The first-order valence-electron chi connectivity index (χ1n) is 12.3. The molecular weight excluding hydrogens is 506 g/mol. The van der Waals surface area contributed by atoms with Gasteiger partial charge in [-0.2, -0.15) is 13.2 Å². The number of nitrogens with zero attached hydrogens (tertiary/aromatic N) is 2. The summed E-state index contributed by atoms with van der Waals surface area (Å²) >= 11 is 0. The van der Waals surface area contributed by atoms with Crippen LogP contribution in [0.15, 0.2) is 54.9 Å². The normalized spacial score (nSPS) is 11.8. The number of hydrogen-bond acceptors (Lipinski definition) is 3. The van der Waals surface area contributed by atoms with E-state index in [1.54, 1.807) is 30.3 Å². The lowest BCUT2D eigenvalue weighted by Gasteiger charge is -2.12. The Morgan fingerprint density at radius 3 is 2.16 bits per heavy atom. The van der Waals surface area contributed by atoms with E-state index in [9.17, 15) is 22.0 Å². The van der Waals surface area contributed by atoms with Crippen LogP contribution in [0.1, 0.15) is 42.9 Å². The van der Waals surface area contributed by atoms with Gasteiger partial charge in [-0.3, -0.25) is 0 Å². The molecule has 0 radical (unpaired) electrons. The van der Waals surface area contributed by atoms with Crippen molar-refractivity contribution >= 4 is 10.8 Å². The number of ether oxygens (including phenoxy) is 1. The van der Waals surface area contributed by atoms with Crippen molar-refractivity contribution < 1.29 is 31.1 Å². The van der Waals surface area contributed by atoms with Gasteiger partial charge >= 0.3 is 6.18 Å². The molecule has 0 aliphatic carbocycles. The fourth-order valence-corrected chi connectivity index (χ4v) is 4.21. The van der Waals surface area contributed by atoms with E-state index in [0.717, 1.165) is 48.9 Å². The second kappa shape index (κ2) is 11.8. The monoisotopic (exact) mass is 532 g/mol. The maximum atomic E-state index is 15.2. The molecule has 0 aliphatic rings. The van der Waals surface area contributed by atoms with E-state index < -0.39 is 36.0 Å². The van der Waals surface area contributed by atoms with Crippen molar-refractivity contribution in [2.45, 2.75) is 51.6 Å². The van der Waals surface area contributed by atoms with Crippen LogP contribution >= 0.6 is 0 Å². The fourth-order valence-electron chi connectivity index (χ4n) is 4.21. The lowest BCUT2D eigenvalue weighted by molar-refractivity contribution is -0.154. The van der Waals surface area contributed by atoms with Crippen LogP contribution in [0.2, 0.25) is 0 Å². The van der Waals surface area contributed by atoms with E-state index in [2.05, 4.69) is 21.6 Å². The summed E-state index contributed by atoms with van der Waals surface area (Å²) in [6, 6.07) is 10.3. The highest BCUT2D eigenvalue weighted by Crippen LogP contribution is 2.29. The molecule has 1 heterocycles. The zero-order valence-corrected chi connectivity index (χ0v) is 20.7. The van der Waals surface area contributed by atoms with E-state index in [-0.39, 0.29) is 18.4 Å². The minimum atomic E-state index is -4.72. The van der Waals surface area contributed by atoms with E-state index in [1.165, 1.54) is 0 Å². The summed E-state index contributed by atoms with van der Waals surface area (Å²) in [7, 11) is 0. The first-order valence-corrected chi connectivity index (χ1v) is 12.3. The number of hydrogen-bond donors (Lipinski definition) is 0. The van der Waals surface area contributed by atoms with Crippen molar-refractivity contribution in [3.63, 3.8) is 0 Å². The number of aryl methyl sites for hydroxylation is 3. The van der Waals surface area contributed by atoms with Gasteiger partial charge in [-0.25, -0.2) is 23.1 Å². The van der Waals surface area contributed by atoms with Crippen LogP contribution in [0.3, 0.4) is 0 Å². The molecule has 0 aliphatic heterocycles.